The van der Waals surface area contributed by atoms with Gasteiger partial charge in [-0.05, 0) is 216 Å². The molecule has 0 spiro atoms. The quantitative estimate of drug-likeness (QED) is 0.0279. The lowest BCUT2D eigenvalue weighted by atomic mass is 10.0. The molecule has 0 unspecified atom stereocenters. The first kappa shape index (κ1) is 109. The number of piperidine rings is 5. The molecule has 10 heterocycles. The summed E-state index contributed by atoms with van der Waals surface area (Å²) in [4.78, 5) is 73.4. The van der Waals surface area contributed by atoms with Crippen molar-refractivity contribution >= 4 is 109 Å². The molecule has 5 saturated heterocycles. The van der Waals surface area contributed by atoms with Crippen LogP contribution in [0.1, 0.15) is 204 Å². The van der Waals surface area contributed by atoms with Gasteiger partial charge in [0.05, 0.1) is 98.8 Å². The highest BCUT2D eigenvalue weighted by Gasteiger charge is 2.38. The minimum atomic E-state index is -3.62. The summed E-state index contributed by atoms with van der Waals surface area (Å²) in [5.74, 6) is 1.34. The van der Waals surface area contributed by atoms with E-state index < -0.39 is 50.1 Å². The Hall–Kier alpha value is -14.0. The Kier molecular flexibility index (Phi) is 36.2. The van der Waals surface area contributed by atoms with Crippen LogP contribution in [0, 0.1) is 6.92 Å². The number of aromatic hydroxyl groups is 1. The lowest BCUT2D eigenvalue weighted by Crippen LogP contribution is -2.50. The fourth-order valence-corrected chi connectivity index (χ4v) is 25.6. The van der Waals surface area contributed by atoms with Gasteiger partial charge < -0.3 is 87.3 Å². The van der Waals surface area contributed by atoms with Crippen LogP contribution in [0.4, 0.5) is 4.79 Å². The zero-order chi connectivity index (χ0) is 106. The van der Waals surface area contributed by atoms with E-state index >= 15 is 0 Å². The number of rotatable bonds is 25. The van der Waals surface area contributed by atoms with Crippen molar-refractivity contribution in [3.8, 4) is 34.5 Å². The third-order valence-electron chi connectivity index (χ3n) is 27.3. The molecular weight excluding hydrogens is 2010 g/mol. The lowest BCUT2D eigenvalue weighted by molar-refractivity contribution is -0.136. The summed E-state index contributed by atoms with van der Waals surface area (Å²) in [5, 5.41) is 13.1. The number of likely N-dealkylation sites (tertiary alicyclic amines) is 5. The molecule has 0 saturated carbocycles. The number of ether oxygens (including phenoxy) is 5. The van der Waals surface area contributed by atoms with Gasteiger partial charge in [-0.15, -0.1) is 22.0 Å². The number of carbonyl (C=O) groups excluding carboxylic acids is 5. The predicted octanol–water partition coefficient (Wildman–Crippen LogP) is 11.0. The fourth-order valence-electron chi connectivity index (χ4n) is 20.2. The van der Waals surface area contributed by atoms with E-state index in [1.807, 2.05) is 124 Å². The van der Waals surface area contributed by atoms with Crippen LogP contribution in [-0.4, -0.2) is 233 Å². The molecule has 37 nitrogen and oxygen atoms in total. The number of amides is 6. The van der Waals surface area contributed by atoms with Gasteiger partial charge in [0.1, 0.15) is 96.7 Å². The van der Waals surface area contributed by atoms with E-state index in [-0.39, 0.29) is 136 Å². The van der Waals surface area contributed by atoms with Crippen LogP contribution in [0.2, 0.25) is 0 Å². The van der Waals surface area contributed by atoms with E-state index in [0.717, 1.165) is 144 Å². The van der Waals surface area contributed by atoms with Crippen LogP contribution in [0.25, 0.3) is 0 Å². The summed E-state index contributed by atoms with van der Waals surface area (Å²) in [6, 6.07) is 60.5. The molecular formula is C107H128N16O21S5. The number of aryl methyl sites for hydroxylation is 3. The summed E-state index contributed by atoms with van der Waals surface area (Å²) >= 11 is 0. The molecule has 6 amide bonds. The number of hydrogen-bond donors (Lipinski definition) is 7. The van der Waals surface area contributed by atoms with Gasteiger partial charge in [-0.2, -0.15) is 0 Å². The smallest absolute Gasteiger partial charge is 0.317 e. The molecule has 0 radical (unpaired) electrons. The maximum atomic E-state index is 13.1. The molecule has 149 heavy (non-hydrogen) atoms. The van der Waals surface area contributed by atoms with E-state index in [2.05, 4.69) is 27.3 Å². The van der Waals surface area contributed by atoms with Gasteiger partial charge in [-0.3, -0.25) is 19.2 Å². The number of fused-ring (bicyclic) bond motifs is 5. The monoisotopic (exact) mass is 2130 g/mol. The number of nitrogens with two attached hydrogens (primary N) is 5. The van der Waals surface area contributed by atoms with Crippen LogP contribution >= 0.6 is 0 Å². The van der Waals surface area contributed by atoms with Crippen molar-refractivity contribution in [3.63, 3.8) is 0 Å². The van der Waals surface area contributed by atoms with Gasteiger partial charge in [-0.1, -0.05) is 158 Å². The Labute approximate surface area is 870 Å². The Bertz CT molecular complexity index is 6990. The zero-order valence-corrected chi connectivity index (χ0v) is 87.5. The summed E-state index contributed by atoms with van der Waals surface area (Å²) in [6.45, 7) is 9.36. The summed E-state index contributed by atoms with van der Waals surface area (Å²) in [5.41, 5.74) is 39.5. The number of nitrogens with one attached hydrogen (secondary N) is 1. The average Bonchev–Trinajstić information content (AvgIpc) is 0.792. The third kappa shape index (κ3) is 29.0. The minimum absolute atomic E-state index is 0.0154. The first-order valence-corrected chi connectivity index (χ1v) is 58.3. The van der Waals surface area contributed by atoms with Crippen LogP contribution < -0.4 is 57.7 Å². The fraction of sp³-hybridized carbons (Fsp3) is 0.402. The van der Waals surface area contributed by atoms with E-state index in [1.54, 1.807) is 114 Å². The Balaban J connectivity index is 0.000000140. The second-order valence-corrected chi connectivity index (χ2v) is 46.4. The van der Waals surface area contributed by atoms with Crippen LogP contribution in [0.3, 0.4) is 0 Å². The standard InChI is InChI=1S/2C23H27N3O4S.C22H25N3O5S.C22H25N3O4S.C17H24N4O4S/c2*24-23-22-18(16-31(28,29)25-23)9-6-11-20(22)30-15-19-10-4-5-14-26(19)21(27)13-12-17-7-2-1-3-8-17;1-14-8-9-17(18(26)11-14)22(27)25-10-3-2-6-16(25)12-30-19-7-4-5-15-13-31(28,29)24-21(23)20(15)19;23-22-21-17(15-30(27,28)24-22)9-6-11-19(21)29-14-18-10-4-5-12-25(18)20(26)13-16-7-2-1-3-8-16;1-2-19-17(22)21-9-4-3-7-13(21)10-25-14-8-5-6-12-11-26(23,24)20-16(18)15(12)14/h2*1-3,6-9,11,19H,4-5,10,12-16H2,(H2,24,25);4-5,7-9,11,16,26H,2-3,6,10,12-13H2,1H3,(H2,23,24);1-3,6-9,11,18H,4-5,10,12-15H2,(H2,23,24);5-6,8,13H,2-4,7,9-11H2,1H3,(H2,18,20)(H,19,22)/t2*19-;16-;18-;13-/m11111/s1. The van der Waals surface area contributed by atoms with Crippen LogP contribution in [-0.2, 0) is 113 Å². The number of benzene rings is 9. The number of carbonyl (C=O) groups is 5. The van der Waals surface area contributed by atoms with E-state index in [4.69, 9.17) is 52.4 Å². The summed E-state index contributed by atoms with van der Waals surface area (Å²) in [6.07, 6.45) is 17.0. The second-order valence-electron chi connectivity index (χ2n) is 38.2. The largest absolute Gasteiger partial charge is 0.507 e. The van der Waals surface area contributed by atoms with Crippen LogP contribution in [0.5, 0.6) is 34.5 Å². The number of nitrogens with zero attached hydrogens (tertiary/aromatic N) is 10. The topological polar surface area (TPSA) is 543 Å². The Morgan fingerprint density at radius 1 is 0.336 bits per heavy atom. The second kappa shape index (κ2) is 49.4. The average molecular weight is 2130 g/mol. The van der Waals surface area contributed by atoms with E-state index in [0.29, 0.717) is 156 Å². The number of sulfonamides is 5. The molecule has 9 aromatic rings. The van der Waals surface area contributed by atoms with E-state index in [1.165, 1.54) is 0 Å². The van der Waals surface area contributed by atoms with Gasteiger partial charge in [0.15, 0.2) is 0 Å². The van der Waals surface area contributed by atoms with Crippen molar-refractivity contribution in [3.05, 3.63) is 284 Å². The number of amidine groups is 5. The molecule has 5 fully saturated rings. The molecule has 10 aliphatic heterocycles. The van der Waals surface area contributed by atoms with E-state index in [9.17, 15) is 71.2 Å². The molecule has 10 aliphatic rings. The van der Waals surface area contributed by atoms with Gasteiger partial charge in [-0.25, -0.2) is 46.9 Å². The first-order valence-electron chi connectivity index (χ1n) is 50.3. The minimum Gasteiger partial charge on any atom is -0.507 e. The molecule has 9 aromatic carbocycles. The summed E-state index contributed by atoms with van der Waals surface area (Å²) in [7, 11) is -18.0. The normalized spacial score (nSPS) is 20.3. The highest BCUT2D eigenvalue weighted by molar-refractivity contribution is 7.90. The SMILES string of the molecule is CCNC(=O)N1CCCC[C@@H]1COc1cccc2c1C(N)=NS(=O)(=O)C2.Cc1ccc(C(=O)N2CCCC[C@@H]2COc2cccc3c2C(N)=NS(=O)(=O)C3)c(O)c1.NC1=NS(=O)(=O)Cc2cccc(OC[C@H]3CCCCN3C(=O)CCc3ccccc3)c21.NC1=NS(=O)(=O)Cc2cccc(OC[C@H]3CCCCN3C(=O)CCc3ccccc3)c21.NC1=NS(=O)(=O)Cc2cccc(OC[C@H]3CCCCN3C(=O)Cc3ccccc3)c21. The van der Waals surface area contributed by atoms with Crippen LogP contribution in [0.15, 0.2) is 222 Å². The predicted molar refractivity (Wildman–Crippen MR) is 569 cm³/mol. The molecule has 42 heteroatoms. The molecule has 792 valence electrons. The van der Waals surface area contributed by atoms with Crippen molar-refractivity contribution in [2.75, 3.05) is 72.3 Å². The maximum Gasteiger partial charge on any atom is 0.317 e. The Morgan fingerprint density at radius 2 is 0.604 bits per heavy atom. The number of urea groups is 1. The van der Waals surface area contributed by atoms with Gasteiger partial charge in [0.25, 0.3) is 56.0 Å². The van der Waals surface area contributed by atoms with Crippen molar-refractivity contribution in [2.24, 2.45) is 50.7 Å². The molecule has 19 rings (SSSR count). The van der Waals surface area contributed by atoms with Gasteiger partial charge in [0, 0.05) is 52.1 Å². The Morgan fingerprint density at radius 3 is 0.899 bits per heavy atom. The van der Waals surface area contributed by atoms with Crippen molar-refractivity contribution in [1.29, 1.82) is 0 Å². The molecule has 0 aromatic heterocycles. The van der Waals surface area contributed by atoms with Crippen molar-refractivity contribution < 1.29 is 94.9 Å². The summed E-state index contributed by atoms with van der Waals surface area (Å²) < 4.78 is 167. The lowest BCUT2D eigenvalue weighted by Gasteiger charge is -2.36. The third-order valence-corrected chi connectivity index (χ3v) is 33.1. The molecule has 5 atom stereocenters. The van der Waals surface area contributed by atoms with Gasteiger partial charge in [0.2, 0.25) is 17.7 Å². The highest BCUT2D eigenvalue weighted by atomic mass is 32.2. The molecule has 0 aliphatic carbocycles. The number of phenols is 1. The first-order chi connectivity index (χ1) is 71.4. The number of phenolic OH excluding ortho intramolecular Hbond substituents is 1. The number of hydrogen-bond acceptors (Lipinski definition) is 26. The molecule has 12 N–H and O–H groups in total. The zero-order valence-electron chi connectivity index (χ0n) is 83.4. The van der Waals surface area contributed by atoms with Crippen molar-refractivity contribution in [2.45, 2.75) is 201 Å². The highest BCUT2D eigenvalue weighted by Crippen LogP contribution is 2.38. The van der Waals surface area contributed by atoms with Gasteiger partial charge >= 0.3 is 6.03 Å². The van der Waals surface area contributed by atoms with Crippen molar-refractivity contribution in [1.82, 2.24) is 29.8 Å². The molecule has 0 bridgehead atoms. The maximum absolute atomic E-state index is 13.1.